The molecule has 4 atom stereocenters. The number of carbonyl (C=O) groups excluding carboxylic acids is 4. The zero-order valence-corrected chi connectivity index (χ0v) is 32.0. The first-order valence-corrected chi connectivity index (χ1v) is 18.7. The summed E-state index contributed by atoms with van der Waals surface area (Å²) in [5.74, 6) is 0.959. The van der Waals surface area contributed by atoms with E-state index in [1.807, 2.05) is 36.4 Å². The summed E-state index contributed by atoms with van der Waals surface area (Å²) >= 11 is 0. The van der Waals surface area contributed by atoms with Crippen molar-refractivity contribution < 1.29 is 28.7 Å². The first-order valence-electron chi connectivity index (χ1n) is 18.7. The Morgan fingerprint density at radius 2 is 1.38 bits per heavy atom. The largest absolute Gasteiger partial charge is 0.453 e. The number of carbonyl (C=O) groups is 4. The monoisotopic (exact) mass is 782 g/mol. The molecule has 16 heteroatoms. The van der Waals surface area contributed by atoms with E-state index in [9.17, 15) is 19.2 Å². The average molecular weight is 783 g/mol. The number of H-pyrrole nitrogens is 2. The zero-order chi connectivity index (χ0) is 40.6. The van der Waals surface area contributed by atoms with Gasteiger partial charge in [-0.15, -0.1) is 0 Å². The van der Waals surface area contributed by atoms with Crippen LogP contribution in [0.2, 0.25) is 0 Å². The number of hydrogen-bond donors (Lipinski definition) is 5. The fourth-order valence-electron chi connectivity index (χ4n) is 6.78. The van der Waals surface area contributed by atoms with Crippen LogP contribution in [0.4, 0.5) is 9.59 Å². The molecule has 0 spiro atoms. The minimum Gasteiger partial charge on any atom is -0.453 e. The Morgan fingerprint density at radius 3 is 2.05 bits per heavy atom. The Kier molecular flexibility index (Phi) is 11.8. The number of benzene rings is 3. The van der Waals surface area contributed by atoms with Crippen LogP contribution in [0.15, 0.2) is 110 Å². The van der Waals surface area contributed by atoms with Gasteiger partial charge in [0.25, 0.3) is 5.91 Å². The molecule has 7 rings (SSSR count). The molecule has 16 nitrogen and oxygen atoms in total. The molecule has 58 heavy (non-hydrogen) atoms. The maximum atomic E-state index is 13.8. The van der Waals surface area contributed by atoms with Crippen molar-refractivity contribution in [1.29, 1.82) is 0 Å². The molecule has 1 aliphatic heterocycles. The highest BCUT2D eigenvalue weighted by Gasteiger charge is 2.38. The highest BCUT2D eigenvalue weighted by Crippen LogP contribution is 2.35. The van der Waals surface area contributed by atoms with E-state index >= 15 is 0 Å². The predicted octanol–water partition coefficient (Wildman–Crippen LogP) is 5.96. The first kappa shape index (κ1) is 38.9. The fraction of sp³-hybridized carbons (Fsp3) is 0.238. The number of hydrogen-bond acceptors (Lipinski definition) is 10. The van der Waals surface area contributed by atoms with Crippen molar-refractivity contribution in [3.63, 3.8) is 0 Å². The van der Waals surface area contributed by atoms with Crippen molar-refractivity contribution in [1.82, 2.24) is 50.8 Å². The van der Waals surface area contributed by atoms with E-state index in [0.29, 0.717) is 47.3 Å². The lowest BCUT2D eigenvalue weighted by Gasteiger charge is -2.27. The maximum Gasteiger partial charge on any atom is 0.408 e. The van der Waals surface area contributed by atoms with Crippen LogP contribution in [0, 0.1) is 0 Å². The van der Waals surface area contributed by atoms with Crippen molar-refractivity contribution in [2.24, 2.45) is 0 Å². The summed E-state index contributed by atoms with van der Waals surface area (Å²) in [4.78, 5) is 77.9. The van der Waals surface area contributed by atoms with Gasteiger partial charge in [0.1, 0.15) is 17.7 Å². The van der Waals surface area contributed by atoms with Gasteiger partial charge >= 0.3 is 12.2 Å². The van der Waals surface area contributed by atoms with Gasteiger partial charge in [0, 0.05) is 42.7 Å². The third-order valence-corrected chi connectivity index (χ3v) is 9.83. The van der Waals surface area contributed by atoms with Gasteiger partial charge in [-0.2, -0.15) is 0 Å². The molecule has 4 heterocycles. The van der Waals surface area contributed by atoms with E-state index in [1.54, 1.807) is 85.1 Å². The van der Waals surface area contributed by atoms with Crippen LogP contribution in [-0.4, -0.2) is 79.5 Å². The highest BCUT2D eigenvalue weighted by atomic mass is 16.6. The van der Waals surface area contributed by atoms with E-state index in [1.165, 1.54) is 14.2 Å². The molecule has 0 aliphatic carbocycles. The van der Waals surface area contributed by atoms with Gasteiger partial charge in [-0.3, -0.25) is 9.59 Å². The van der Waals surface area contributed by atoms with Gasteiger partial charge in [-0.05, 0) is 30.9 Å². The first-order chi connectivity index (χ1) is 28.2. The predicted molar refractivity (Wildman–Crippen MR) is 212 cm³/mol. The molecule has 3 aromatic carbocycles. The second-order valence-corrected chi connectivity index (χ2v) is 13.6. The van der Waals surface area contributed by atoms with E-state index in [2.05, 4.69) is 45.9 Å². The van der Waals surface area contributed by atoms with E-state index in [-0.39, 0.29) is 11.9 Å². The summed E-state index contributed by atoms with van der Waals surface area (Å²) in [7, 11) is 2.69. The minimum absolute atomic E-state index is 0.316. The lowest BCUT2D eigenvalue weighted by molar-refractivity contribution is -0.141. The molecule has 1 fully saturated rings. The van der Waals surface area contributed by atoms with Crippen molar-refractivity contribution in [3.8, 4) is 33.9 Å². The van der Waals surface area contributed by atoms with Crippen LogP contribution in [-0.2, 0) is 19.1 Å². The Balaban J connectivity index is 0.990. The van der Waals surface area contributed by atoms with Gasteiger partial charge in [0.15, 0.2) is 5.82 Å². The fourth-order valence-corrected chi connectivity index (χ4v) is 6.78. The minimum atomic E-state index is -1.09. The van der Waals surface area contributed by atoms with Gasteiger partial charge in [-0.1, -0.05) is 84.9 Å². The Labute approximate surface area is 333 Å². The third kappa shape index (κ3) is 8.70. The Hall–Kier alpha value is -7.36. The molecular formula is C42H42N10O6. The molecule has 1 saturated heterocycles. The smallest absolute Gasteiger partial charge is 0.408 e. The van der Waals surface area contributed by atoms with E-state index < -0.39 is 36.3 Å². The number of nitrogens with one attached hydrogen (secondary N) is 5. The average Bonchev–Trinajstić information content (AvgIpc) is 4.07. The quantitative estimate of drug-likeness (QED) is 0.0984. The van der Waals surface area contributed by atoms with Crippen LogP contribution in [0.1, 0.15) is 66.8 Å². The number of aromatic amines is 2. The zero-order valence-electron chi connectivity index (χ0n) is 32.0. The standard InChI is InChI=1S/C42H42N10O6/c1-25(48-39(53)34(51-42(56)57-3)27-11-6-4-7-12-27)36-46-23-31(49-36)26-16-18-29(19-17-26)37-44-21-30(22-45-37)32-24-47-38(50-32)33-15-10-20-52(33)40(54)35(58-41(55)43-2)28-13-8-5-9-14-28/h4-9,11-14,16-19,21-25,33-35H,10,15,20H2,1-3H3,(H,43,55)(H,46,49)(H,47,50)(H,48,53)(H,51,56)/t25-,33+,34-,35?/m1/s1. The summed E-state index contributed by atoms with van der Waals surface area (Å²) in [6.07, 6.45) is 5.80. The second kappa shape index (κ2) is 17.6. The Morgan fingerprint density at radius 1 is 0.741 bits per heavy atom. The molecule has 296 valence electrons. The van der Waals surface area contributed by atoms with Gasteiger partial charge < -0.3 is 40.3 Å². The number of methoxy groups -OCH3 is 1. The SMILES string of the molecule is CNC(=O)OC(C(=O)N1CCC[C@H]1c1ncc(-c2cnc(-c3ccc(-c4cnc([C@@H](C)NC(=O)[C@H](NC(=O)OC)c5ccccc5)[nH]4)cc3)nc2)[nH]1)c1ccccc1. The molecule has 4 amide bonds. The van der Waals surface area contributed by atoms with E-state index in [0.717, 1.165) is 28.8 Å². The van der Waals surface area contributed by atoms with Crippen LogP contribution in [0.5, 0.6) is 0 Å². The van der Waals surface area contributed by atoms with Crippen molar-refractivity contribution in [2.45, 2.75) is 44.0 Å². The molecular weight excluding hydrogens is 741 g/mol. The number of amides is 4. The molecule has 0 radical (unpaired) electrons. The number of likely N-dealkylation sites (tertiary alicyclic amines) is 1. The summed E-state index contributed by atoms with van der Waals surface area (Å²) in [6.45, 7) is 2.30. The van der Waals surface area contributed by atoms with Crippen LogP contribution in [0.25, 0.3) is 33.9 Å². The van der Waals surface area contributed by atoms with Crippen molar-refractivity contribution in [3.05, 3.63) is 132 Å². The topological polar surface area (TPSA) is 209 Å². The van der Waals surface area contributed by atoms with Crippen LogP contribution < -0.4 is 16.0 Å². The molecule has 0 bridgehead atoms. The maximum absolute atomic E-state index is 13.8. The number of aromatic nitrogens is 6. The normalized spacial score (nSPS) is 15.2. The van der Waals surface area contributed by atoms with Crippen molar-refractivity contribution >= 4 is 24.0 Å². The van der Waals surface area contributed by atoms with Crippen LogP contribution in [0.3, 0.4) is 0 Å². The summed E-state index contributed by atoms with van der Waals surface area (Å²) in [5, 5.41) is 7.93. The number of ether oxygens (including phenoxy) is 2. The highest BCUT2D eigenvalue weighted by molar-refractivity contribution is 5.87. The van der Waals surface area contributed by atoms with E-state index in [4.69, 9.17) is 9.47 Å². The molecule has 1 unspecified atom stereocenters. The number of alkyl carbamates (subject to hydrolysis) is 2. The second-order valence-electron chi connectivity index (χ2n) is 13.6. The Bertz CT molecular complexity index is 2350. The number of rotatable bonds is 12. The lowest BCUT2D eigenvalue weighted by atomic mass is 10.1. The summed E-state index contributed by atoms with van der Waals surface area (Å²) in [5.41, 5.74) is 5.04. The van der Waals surface area contributed by atoms with Crippen LogP contribution >= 0.6 is 0 Å². The number of imidazole rings is 2. The molecule has 5 N–H and O–H groups in total. The lowest BCUT2D eigenvalue weighted by Crippen LogP contribution is -2.41. The molecule has 1 aliphatic rings. The molecule has 3 aromatic heterocycles. The summed E-state index contributed by atoms with van der Waals surface area (Å²) in [6, 6.07) is 23.8. The van der Waals surface area contributed by atoms with Gasteiger partial charge in [-0.25, -0.2) is 29.5 Å². The van der Waals surface area contributed by atoms with Crippen molar-refractivity contribution in [2.75, 3.05) is 20.7 Å². The van der Waals surface area contributed by atoms with Gasteiger partial charge in [0.05, 0.1) is 43.0 Å². The number of nitrogens with zero attached hydrogens (tertiary/aromatic N) is 5. The van der Waals surface area contributed by atoms with Gasteiger partial charge in [0.2, 0.25) is 12.0 Å². The third-order valence-electron chi connectivity index (χ3n) is 9.83. The summed E-state index contributed by atoms with van der Waals surface area (Å²) < 4.78 is 10.3. The molecule has 0 saturated carbocycles. The molecule has 6 aromatic rings.